The lowest BCUT2D eigenvalue weighted by molar-refractivity contribution is -0.122. The predicted molar refractivity (Wildman–Crippen MR) is 102 cm³/mol. The summed E-state index contributed by atoms with van der Waals surface area (Å²) in [4.78, 5) is 12.5. The third kappa shape index (κ3) is 5.54. The zero-order valence-electron chi connectivity index (χ0n) is 14.4. The van der Waals surface area contributed by atoms with Gasteiger partial charge in [-0.05, 0) is 49.2 Å². The highest BCUT2D eigenvalue weighted by molar-refractivity contribution is 6.31. The molecule has 2 rings (SSSR count). The van der Waals surface area contributed by atoms with Crippen molar-refractivity contribution in [1.29, 1.82) is 0 Å². The van der Waals surface area contributed by atoms with Gasteiger partial charge in [-0.25, -0.2) is 0 Å². The van der Waals surface area contributed by atoms with Crippen molar-refractivity contribution in [2.75, 3.05) is 11.9 Å². The number of nitrogens with one attached hydrogen (secondary N) is 1. The van der Waals surface area contributed by atoms with Gasteiger partial charge in [0.2, 0.25) is 0 Å². The van der Waals surface area contributed by atoms with Crippen LogP contribution in [0.2, 0.25) is 5.02 Å². The van der Waals surface area contributed by atoms with E-state index in [9.17, 15) is 4.79 Å². The summed E-state index contributed by atoms with van der Waals surface area (Å²) in [5, 5.41) is 3.53. The maximum atomic E-state index is 12.5. The maximum Gasteiger partial charge on any atom is 0.265 e. The van der Waals surface area contributed by atoms with Gasteiger partial charge >= 0.3 is 0 Å². The quantitative estimate of drug-likeness (QED) is 0.674. The van der Waals surface area contributed by atoms with Crippen molar-refractivity contribution in [3.63, 3.8) is 0 Å². The molecule has 2 aromatic rings. The molecule has 4 nitrogen and oxygen atoms in total. The number of carbonyl (C=O) groups is 1. The number of carbonyl (C=O) groups excluding carboxylic acids is 1. The fourth-order valence-electron chi connectivity index (χ4n) is 2.22. The van der Waals surface area contributed by atoms with Crippen molar-refractivity contribution in [1.82, 2.24) is 0 Å². The Kier molecular flexibility index (Phi) is 6.90. The first-order valence-corrected chi connectivity index (χ1v) is 8.48. The summed E-state index contributed by atoms with van der Waals surface area (Å²) >= 11 is 6.02. The van der Waals surface area contributed by atoms with Crippen LogP contribution in [0.5, 0.6) is 11.5 Å². The number of ether oxygens (including phenoxy) is 2. The van der Waals surface area contributed by atoms with E-state index in [2.05, 4.69) is 11.9 Å². The molecule has 2 aromatic carbocycles. The van der Waals surface area contributed by atoms with Gasteiger partial charge in [0.05, 0.1) is 0 Å². The molecule has 0 saturated carbocycles. The van der Waals surface area contributed by atoms with Crippen molar-refractivity contribution < 1.29 is 14.3 Å². The number of hydrogen-bond acceptors (Lipinski definition) is 3. The van der Waals surface area contributed by atoms with Gasteiger partial charge in [-0.3, -0.25) is 4.79 Å². The highest BCUT2D eigenvalue weighted by Crippen LogP contribution is 2.23. The Balaban J connectivity index is 2.04. The zero-order valence-corrected chi connectivity index (χ0v) is 15.2. The largest absolute Gasteiger partial charge is 0.489 e. The standard InChI is InChI=1S/C20H22ClNO3/c1-4-11-24-16-8-6-7-15(13-16)22-20(23)19(5-2)25-17-9-10-18(21)14(3)12-17/h4,6-10,12-13,19H,1,5,11H2,2-3H3,(H,22,23). The monoisotopic (exact) mass is 359 g/mol. The first-order valence-electron chi connectivity index (χ1n) is 8.11. The third-order valence-corrected chi connectivity index (χ3v) is 3.96. The third-order valence-electron chi connectivity index (χ3n) is 3.54. The molecule has 132 valence electrons. The second kappa shape index (κ2) is 9.14. The highest BCUT2D eigenvalue weighted by atomic mass is 35.5. The van der Waals surface area contributed by atoms with Gasteiger partial charge in [0.25, 0.3) is 5.91 Å². The van der Waals surface area contributed by atoms with Crippen molar-refractivity contribution in [3.8, 4) is 11.5 Å². The summed E-state index contributed by atoms with van der Waals surface area (Å²) in [6.45, 7) is 7.82. The van der Waals surface area contributed by atoms with Crippen LogP contribution in [0.25, 0.3) is 0 Å². The van der Waals surface area contributed by atoms with E-state index in [0.717, 1.165) is 5.56 Å². The zero-order chi connectivity index (χ0) is 18.2. The minimum Gasteiger partial charge on any atom is -0.489 e. The Bertz CT molecular complexity index is 745. The first-order chi connectivity index (χ1) is 12.0. The molecule has 1 atom stereocenters. The molecule has 0 spiro atoms. The average molecular weight is 360 g/mol. The van der Waals surface area contributed by atoms with Crippen LogP contribution < -0.4 is 14.8 Å². The Labute approximate surface area is 153 Å². The summed E-state index contributed by atoms with van der Waals surface area (Å²) in [7, 11) is 0. The minimum absolute atomic E-state index is 0.212. The number of amides is 1. The van der Waals surface area contributed by atoms with Crippen molar-refractivity contribution >= 4 is 23.2 Å². The van der Waals surface area contributed by atoms with E-state index in [4.69, 9.17) is 21.1 Å². The molecule has 0 aromatic heterocycles. The van der Waals surface area contributed by atoms with E-state index in [1.807, 2.05) is 32.0 Å². The summed E-state index contributed by atoms with van der Waals surface area (Å²) < 4.78 is 11.3. The van der Waals surface area contributed by atoms with Crippen LogP contribution in [0.1, 0.15) is 18.9 Å². The molecular formula is C20H22ClNO3. The lowest BCUT2D eigenvalue weighted by atomic mass is 10.2. The predicted octanol–water partition coefficient (Wildman–Crippen LogP) is 5.01. The molecule has 1 unspecified atom stereocenters. The second-order valence-electron chi connectivity index (χ2n) is 5.54. The van der Waals surface area contributed by atoms with Crippen LogP contribution in [-0.4, -0.2) is 18.6 Å². The molecule has 0 saturated heterocycles. The number of halogens is 1. The maximum absolute atomic E-state index is 12.5. The van der Waals surface area contributed by atoms with Gasteiger partial charge in [-0.1, -0.05) is 37.2 Å². The van der Waals surface area contributed by atoms with Crippen LogP contribution in [-0.2, 0) is 4.79 Å². The molecule has 25 heavy (non-hydrogen) atoms. The number of benzene rings is 2. The van der Waals surface area contributed by atoms with Gasteiger partial charge in [-0.2, -0.15) is 0 Å². The Morgan fingerprint density at radius 2 is 2.08 bits per heavy atom. The van der Waals surface area contributed by atoms with Crippen LogP contribution >= 0.6 is 11.6 Å². The van der Waals surface area contributed by atoms with E-state index in [-0.39, 0.29) is 5.91 Å². The van der Waals surface area contributed by atoms with Crippen LogP contribution in [0.4, 0.5) is 5.69 Å². The molecule has 0 bridgehead atoms. The first kappa shape index (κ1) is 18.9. The molecule has 0 aliphatic rings. The molecule has 0 aliphatic carbocycles. The normalized spacial score (nSPS) is 11.5. The summed E-state index contributed by atoms with van der Waals surface area (Å²) in [6.07, 6.45) is 1.61. The van der Waals surface area contributed by atoms with Gasteiger partial charge in [0, 0.05) is 16.8 Å². The topological polar surface area (TPSA) is 47.6 Å². The Morgan fingerprint density at radius 3 is 2.76 bits per heavy atom. The van der Waals surface area contributed by atoms with Gasteiger partial charge in [0.1, 0.15) is 18.1 Å². The smallest absolute Gasteiger partial charge is 0.265 e. The van der Waals surface area contributed by atoms with E-state index >= 15 is 0 Å². The average Bonchev–Trinajstić information content (AvgIpc) is 2.61. The second-order valence-corrected chi connectivity index (χ2v) is 5.95. The number of aryl methyl sites for hydroxylation is 1. The molecular weight excluding hydrogens is 338 g/mol. The SMILES string of the molecule is C=CCOc1cccc(NC(=O)C(CC)Oc2ccc(Cl)c(C)c2)c1. The number of rotatable bonds is 8. The molecule has 0 heterocycles. The van der Waals surface area contributed by atoms with E-state index in [1.165, 1.54) is 0 Å². The van der Waals surface area contributed by atoms with E-state index < -0.39 is 6.10 Å². The molecule has 0 aliphatic heterocycles. The Morgan fingerprint density at radius 1 is 1.28 bits per heavy atom. The van der Waals surface area contributed by atoms with Crippen molar-refractivity contribution in [3.05, 3.63) is 65.7 Å². The molecule has 1 N–H and O–H groups in total. The molecule has 1 amide bonds. The van der Waals surface area contributed by atoms with Crippen LogP contribution in [0.3, 0.4) is 0 Å². The van der Waals surface area contributed by atoms with Crippen molar-refractivity contribution in [2.24, 2.45) is 0 Å². The summed E-state index contributed by atoms with van der Waals surface area (Å²) in [6, 6.07) is 12.6. The molecule has 5 heteroatoms. The lowest BCUT2D eigenvalue weighted by Crippen LogP contribution is -2.32. The van der Waals surface area contributed by atoms with Crippen molar-refractivity contribution in [2.45, 2.75) is 26.4 Å². The van der Waals surface area contributed by atoms with Crippen LogP contribution in [0.15, 0.2) is 55.1 Å². The minimum atomic E-state index is -0.599. The lowest BCUT2D eigenvalue weighted by Gasteiger charge is -2.18. The fraction of sp³-hybridized carbons (Fsp3) is 0.250. The van der Waals surface area contributed by atoms with Crippen LogP contribution in [0, 0.1) is 6.92 Å². The summed E-state index contributed by atoms with van der Waals surface area (Å²) in [5.41, 5.74) is 1.56. The van der Waals surface area contributed by atoms with E-state index in [1.54, 1.807) is 30.3 Å². The van der Waals surface area contributed by atoms with E-state index in [0.29, 0.717) is 35.2 Å². The van der Waals surface area contributed by atoms with Gasteiger partial charge in [-0.15, -0.1) is 0 Å². The van der Waals surface area contributed by atoms with Gasteiger partial charge in [0.15, 0.2) is 6.10 Å². The molecule has 0 fully saturated rings. The highest BCUT2D eigenvalue weighted by Gasteiger charge is 2.19. The number of anilines is 1. The number of hydrogen-bond donors (Lipinski definition) is 1. The summed E-state index contributed by atoms with van der Waals surface area (Å²) in [5.74, 6) is 1.07. The Hall–Kier alpha value is -2.46. The molecule has 0 radical (unpaired) electrons. The van der Waals surface area contributed by atoms with Gasteiger partial charge < -0.3 is 14.8 Å². The fourth-order valence-corrected chi connectivity index (χ4v) is 2.34.